The van der Waals surface area contributed by atoms with Crippen LogP contribution in [0.3, 0.4) is 0 Å². The van der Waals surface area contributed by atoms with Gasteiger partial charge in [0.15, 0.2) is 0 Å². The molecule has 0 saturated carbocycles. The summed E-state index contributed by atoms with van der Waals surface area (Å²) in [7, 11) is 1.91. The first-order valence-electron chi connectivity index (χ1n) is 3.44. The SMILES string of the molecule is CNCC(C=O)C1CI1C. The minimum atomic E-state index is -0.531. The second-order valence-electron chi connectivity index (χ2n) is 2.67. The second kappa shape index (κ2) is 3.67. The predicted octanol–water partition coefficient (Wildman–Crippen LogP) is 0.539. The van der Waals surface area contributed by atoms with Crippen molar-refractivity contribution in [3.8, 4) is 0 Å². The third-order valence-corrected chi connectivity index (χ3v) is 7.15. The molecule has 1 heterocycles. The van der Waals surface area contributed by atoms with Crippen molar-refractivity contribution in [3.05, 3.63) is 0 Å². The zero-order chi connectivity index (χ0) is 7.56. The van der Waals surface area contributed by atoms with E-state index in [-0.39, 0.29) is 0 Å². The monoisotopic (exact) mass is 255 g/mol. The number of rotatable bonds is 4. The van der Waals surface area contributed by atoms with Crippen molar-refractivity contribution in [2.24, 2.45) is 5.92 Å². The summed E-state index contributed by atoms with van der Waals surface area (Å²) in [6, 6.07) is 0. The molecule has 1 aliphatic heterocycles. The van der Waals surface area contributed by atoms with Crippen molar-refractivity contribution >= 4 is 26.1 Å². The van der Waals surface area contributed by atoms with Crippen LogP contribution in [0, 0.1) is 5.92 Å². The van der Waals surface area contributed by atoms with Crippen LogP contribution in [0.2, 0.25) is 0 Å². The molecule has 1 N–H and O–H groups in total. The van der Waals surface area contributed by atoms with Crippen LogP contribution in [0.25, 0.3) is 0 Å². The Morgan fingerprint density at radius 2 is 2.50 bits per heavy atom. The van der Waals surface area contributed by atoms with Crippen molar-refractivity contribution in [2.45, 2.75) is 3.92 Å². The Morgan fingerprint density at radius 3 is 2.80 bits per heavy atom. The molecule has 0 aromatic carbocycles. The van der Waals surface area contributed by atoms with E-state index in [1.165, 1.54) is 4.43 Å². The summed E-state index contributed by atoms with van der Waals surface area (Å²) < 4.78 is 2.23. The Labute approximate surface area is 69.1 Å². The molecule has 0 spiro atoms. The van der Waals surface area contributed by atoms with Crippen LogP contribution in [0.4, 0.5) is 0 Å². The first-order chi connectivity index (χ1) is 4.79. The number of nitrogens with one attached hydrogen (secondary N) is 1. The summed E-state index contributed by atoms with van der Waals surface area (Å²) in [5, 5.41) is 3.05. The summed E-state index contributed by atoms with van der Waals surface area (Å²) in [6.07, 6.45) is 1.13. The van der Waals surface area contributed by atoms with Crippen LogP contribution in [0.15, 0.2) is 0 Å². The van der Waals surface area contributed by atoms with Crippen molar-refractivity contribution < 1.29 is 4.79 Å². The molecule has 2 nitrogen and oxygen atoms in total. The topological polar surface area (TPSA) is 29.1 Å². The Kier molecular flexibility index (Phi) is 3.10. The molecule has 0 amide bonds. The molecule has 60 valence electrons. The number of halogens is 1. The Bertz CT molecular complexity index is 129. The van der Waals surface area contributed by atoms with E-state index in [1.54, 1.807) is 0 Å². The van der Waals surface area contributed by atoms with E-state index in [4.69, 9.17) is 0 Å². The van der Waals surface area contributed by atoms with Crippen molar-refractivity contribution in [1.82, 2.24) is 5.32 Å². The third-order valence-electron chi connectivity index (χ3n) is 1.85. The van der Waals surface area contributed by atoms with Gasteiger partial charge < -0.3 is 0 Å². The number of hydrogen-bond donors (Lipinski definition) is 1. The molecular weight excluding hydrogens is 241 g/mol. The van der Waals surface area contributed by atoms with Crippen LogP contribution >= 0.6 is 19.8 Å². The van der Waals surface area contributed by atoms with Gasteiger partial charge in [0, 0.05) is 0 Å². The summed E-state index contributed by atoms with van der Waals surface area (Å²) in [6.45, 7) is 0.885. The second-order valence-corrected chi connectivity index (χ2v) is 8.80. The van der Waals surface area contributed by atoms with Crippen molar-refractivity contribution in [3.63, 3.8) is 0 Å². The number of hydrogen-bond acceptors (Lipinski definition) is 2. The number of carbonyl (C=O) groups is 1. The summed E-state index contributed by atoms with van der Waals surface area (Å²) in [5.74, 6) is 0.334. The molecular formula is C7H14INO. The van der Waals surface area contributed by atoms with Gasteiger partial charge in [-0.15, -0.1) is 0 Å². The van der Waals surface area contributed by atoms with Gasteiger partial charge >= 0.3 is 69.0 Å². The van der Waals surface area contributed by atoms with Gasteiger partial charge in [-0.25, -0.2) is 0 Å². The number of alkyl halides is 3. The quantitative estimate of drug-likeness (QED) is 0.451. The molecule has 0 aliphatic carbocycles. The fraction of sp³-hybridized carbons (Fsp3) is 0.857. The Morgan fingerprint density at radius 1 is 1.90 bits per heavy atom. The fourth-order valence-electron chi connectivity index (χ4n) is 1.09. The molecule has 1 rings (SSSR count). The van der Waals surface area contributed by atoms with Crippen LogP contribution in [-0.2, 0) is 4.79 Å². The molecule has 0 bridgehead atoms. The molecule has 0 aromatic rings. The van der Waals surface area contributed by atoms with Gasteiger partial charge in [-0.2, -0.15) is 0 Å². The van der Waals surface area contributed by atoms with Gasteiger partial charge in [-0.1, -0.05) is 0 Å². The fourth-order valence-corrected chi connectivity index (χ4v) is 7.11. The third kappa shape index (κ3) is 1.92. The molecule has 1 fully saturated rings. The summed E-state index contributed by atoms with van der Waals surface area (Å²) in [5.41, 5.74) is 0. The molecule has 0 radical (unpaired) electrons. The zero-order valence-electron chi connectivity index (χ0n) is 6.43. The van der Waals surface area contributed by atoms with Gasteiger partial charge in [0.1, 0.15) is 0 Å². The van der Waals surface area contributed by atoms with Gasteiger partial charge in [0.2, 0.25) is 0 Å². The van der Waals surface area contributed by atoms with Crippen molar-refractivity contribution in [1.29, 1.82) is 0 Å². The average molecular weight is 255 g/mol. The van der Waals surface area contributed by atoms with Crippen LogP contribution in [-0.4, -0.2) is 33.2 Å². The number of aldehydes is 1. The first kappa shape index (κ1) is 8.46. The molecule has 3 heteroatoms. The Balaban J connectivity index is 2.27. The van der Waals surface area contributed by atoms with Gasteiger partial charge in [-0.3, -0.25) is 0 Å². The summed E-state index contributed by atoms with van der Waals surface area (Å²) >= 11 is -0.531. The zero-order valence-corrected chi connectivity index (χ0v) is 8.59. The predicted molar refractivity (Wildman–Crippen MR) is 52.1 cm³/mol. The van der Waals surface area contributed by atoms with Gasteiger partial charge in [0.25, 0.3) is 0 Å². The molecule has 0 aromatic heterocycles. The first-order valence-corrected chi connectivity index (χ1v) is 8.36. The van der Waals surface area contributed by atoms with E-state index in [0.29, 0.717) is 5.92 Å². The Hall–Kier alpha value is 0.360. The molecule has 2 unspecified atom stereocenters. The van der Waals surface area contributed by atoms with E-state index >= 15 is 0 Å². The molecule has 1 saturated heterocycles. The van der Waals surface area contributed by atoms with Gasteiger partial charge in [0.05, 0.1) is 0 Å². The maximum absolute atomic E-state index is 10.5. The summed E-state index contributed by atoms with van der Waals surface area (Å²) in [4.78, 5) is 12.9. The number of carbonyl (C=O) groups excluding carboxylic acids is 1. The van der Waals surface area contributed by atoms with E-state index in [0.717, 1.165) is 16.8 Å². The van der Waals surface area contributed by atoms with Crippen LogP contribution in [0.1, 0.15) is 0 Å². The van der Waals surface area contributed by atoms with E-state index < -0.39 is 19.8 Å². The average Bonchev–Trinajstić information content (AvgIpc) is 2.62. The molecule has 2 atom stereocenters. The standard InChI is InChI=1S/C7H14INO/c1-8-3-7(8)6(5-10)4-9-2/h5-7,9H,3-4H2,1-2H3. The maximum atomic E-state index is 10.5. The normalized spacial score (nSPS) is 29.8. The van der Waals surface area contributed by atoms with Crippen LogP contribution in [0.5, 0.6) is 0 Å². The van der Waals surface area contributed by atoms with Gasteiger partial charge in [-0.05, 0) is 0 Å². The van der Waals surface area contributed by atoms with Crippen LogP contribution < -0.4 is 5.32 Å². The minimum absolute atomic E-state index is 0.334. The van der Waals surface area contributed by atoms with E-state index in [9.17, 15) is 4.79 Å². The van der Waals surface area contributed by atoms with Crippen molar-refractivity contribution in [2.75, 3.05) is 23.0 Å². The van der Waals surface area contributed by atoms with E-state index in [1.807, 2.05) is 7.05 Å². The molecule has 10 heavy (non-hydrogen) atoms. The van der Waals surface area contributed by atoms with E-state index in [2.05, 4.69) is 10.2 Å². The molecule has 1 aliphatic rings.